The van der Waals surface area contributed by atoms with Gasteiger partial charge in [-0.25, -0.2) is 9.97 Å². The van der Waals surface area contributed by atoms with Crippen LogP contribution in [0, 0.1) is 0 Å². The molecule has 4 rings (SSSR count). The van der Waals surface area contributed by atoms with Crippen LogP contribution in [0.5, 0.6) is 5.75 Å². The summed E-state index contributed by atoms with van der Waals surface area (Å²) in [6.45, 7) is 13.8. The lowest BCUT2D eigenvalue weighted by Gasteiger charge is -2.34. The lowest BCUT2D eigenvalue weighted by Crippen LogP contribution is -2.45. The average Bonchev–Trinajstić information content (AvgIpc) is 3.04. The molecule has 9 nitrogen and oxygen atoms in total. The summed E-state index contributed by atoms with van der Waals surface area (Å²) in [5, 5.41) is 3.74. The highest BCUT2D eigenvalue weighted by Gasteiger charge is 2.22. The van der Waals surface area contributed by atoms with Crippen LogP contribution >= 0.6 is 23.2 Å². The van der Waals surface area contributed by atoms with Crippen molar-refractivity contribution in [2.45, 2.75) is 39.7 Å². The number of carbonyl (C=O) groups is 2. The SMILES string of the molecule is C=CC(=O)Nc1cc(CN2CCN(CC)CC2)ccc1Cc1cc(N(C)C(=O)Cc2c(Cl)c(CC)cc(OC)c2Cl)ncn1. The summed E-state index contributed by atoms with van der Waals surface area (Å²) in [5.74, 6) is 0.393. The van der Waals surface area contributed by atoms with Gasteiger partial charge in [0, 0.05) is 68.5 Å². The van der Waals surface area contributed by atoms with E-state index < -0.39 is 0 Å². The number of benzene rings is 2. The number of nitrogens with zero attached hydrogens (tertiary/aromatic N) is 5. The maximum atomic E-state index is 13.4. The zero-order valence-corrected chi connectivity index (χ0v) is 27.3. The van der Waals surface area contributed by atoms with E-state index in [0.29, 0.717) is 51.4 Å². The summed E-state index contributed by atoms with van der Waals surface area (Å²) in [7, 11) is 3.19. The summed E-state index contributed by atoms with van der Waals surface area (Å²) in [6, 6.07) is 9.70. The first-order valence-corrected chi connectivity index (χ1v) is 15.5. The molecule has 2 heterocycles. The largest absolute Gasteiger partial charge is 0.495 e. The molecule has 1 saturated heterocycles. The molecule has 1 fully saturated rings. The van der Waals surface area contributed by atoms with Crippen LogP contribution in [0.4, 0.5) is 11.5 Å². The Morgan fingerprint density at radius 3 is 2.43 bits per heavy atom. The molecule has 234 valence electrons. The van der Waals surface area contributed by atoms with Crippen molar-refractivity contribution in [3.05, 3.63) is 87.3 Å². The lowest BCUT2D eigenvalue weighted by atomic mass is 10.0. The Bertz CT molecular complexity index is 1480. The Kier molecular flexibility index (Phi) is 11.7. The molecule has 0 saturated carbocycles. The van der Waals surface area contributed by atoms with E-state index in [2.05, 4.69) is 44.7 Å². The maximum Gasteiger partial charge on any atom is 0.247 e. The number of ether oxygens (including phenoxy) is 1. The number of halogens is 2. The first-order chi connectivity index (χ1) is 21.2. The number of aromatic nitrogens is 2. The normalized spacial score (nSPS) is 13.9. The van der Waals surface area contributed by atoms with Crippen LogP contribution in [0.2, 0.25) is 10.0 Å². The van der Waals surface area contributed by atoms with Crippen LogP contribution < -0.4 is 15.0 Å². The van der Waals surface area contributed by atoms with Crippen molar-refractivity contribution in [3.8, 4) is 5.75 Å². The Morgan fingerprint density at radius 1 is 1.05 bits per heavy atom. The van der Waals surface area contributed by atoms with Crippen molar-refractivity contribution in [3.63, 3.8) is 0 Å². The molecule has 0 atom stereocenters. The fourth-order valence-corrected chi connectivity index (χ4v) is 5.93. The standard InChI is InChI=1S/C33H40Cl2N6O3/c1-6-23-17-28(44-5)33(35)26(32(23)34)19-31(43)39(4)29-18-25(36-21-37-29)16-24-10-9-22(15-27(24)38-30(42)7-2)20-41-13-11-40(8-3)12-14-41/h7,9-10,15,17-18,21H,2,6,8,11-14,16,19-20H2,1,3-5H3,(H,38,42). The number of piperazine rings is 1. The smallest absolute Gasteiger partial charge is 0.247 e. The molecule has 2 aromatic carbocycles. The minimum atomic E-state index is -0.283. The number of likely N-dealkylation sites (N-methyl/N-ethyl adjacent to an activating group) is 2. The molecule has 0 unspecified atom stereocenters. The van der Waals surface area contributed by atoms with E-state index in [1.807, 2.05) is 19.1 Å². The fraction of sp³-hybridized carbons (Fsp3) is 0.394. The van der Waals surface area contributed by atoms with Crippen molar-refractivity contribution in [1.29, 1.82) is 0 Å². The molecule has 0 spiro atoms. The second-order valence-corrected chi connectivity index (χ2v) is 11.5. The first kappa shape index (κ1) is 33.4. The number of amides is 2. The Balaban J connectivity index is 1.52. The number of nitrogens with one attached hydrogen (secondary N) is 1. The van der Waals surface area contributed by atoms with Crippen molar-refractivity contribution < 1.29 is 14.3 Å². The van der Waals surface area contributed by atoms with Gasteiger partial charge in [0.05, 0.1) is 24.2 Å². The van der Waals surface area contributed by atoms with Crippen molar-refractivity contribution in [2.75, 3.05) is 57.1 Å². The molecule has 1 aliphatic rings. The second-order valence-electron chi connectivity index (χ2n) is 10.8. The molecule has 44 heavy (non-hydrogen) atoms. The highest BCUT2D eigenvalue weighted by atomic mass is 35.5. The molecular formula is C33H40Cl2N6O3. The molecule has 1 aliphatic heterocycles. The summed E-state index contributed by atoms with van der Waals surface area (Å²) in [4.78, 5) is 40.8. The third kappa shape index (κ3) is 8.15. The number of carbonyl (C=O) groups excluding carboxylic acids is 2. The molecule has 0 aliphatic carbocycles. The number of methoxy groups -OCH3 is 1. The van der Waals surface area contributed by atoms with Gasteiger partial charge in [-0.1, -0.05) is 55.8 Å². The van der Waals surface area contributed by atoms with E-state index >= 15 is 0 Å². The van der Waals surface area contributed by atoms with Gasteiger partial charge >= 0.3 is 0 Å². The van der Waals surface area contributed by atoms with Gasteiger partial charge in [-0.15, -0.1) is 0 Å². The molecule has 1 aromatic heterocycles. The third-order valence-corrected chi connectivity index (χ3v) is 8.88. The van der Waals surface area contributed by atoms with E-state index in [1.54, 1.807) is 19.2 Å². The molecule has 0 bridgehead atoms. The van der Waals surface area contributed by atoms with Gasteiger partial charge in [0.15, 0.2) is 0 Å². The Morgan fingerprint density at radius 2 is 1.77 bits per heavy atom. The first-order valence-electron chi connectivity index (χ1n) is 14.8. The van der Waals surface area contributed by atoms with Gasteiger partial charge < -0.3 is 15.0 Å². The van der Waals surface area contributed by atoms with Crippen LogP contribution in [-0.2, 0) is 35.4 Å². The number of rotatable bonds is 12. The molecule has 2 amide bonds. The van der Waals surface area contributed by atoms with E-state index in [0.717, 1.165) is 56.0 Å². The summed E-state index contributed by atoms with van der Waals surface area (Å²) in [6.07, 6.45) is 3.76. The Labute approximate surface area is 269 Å². The maximum absolute atomic E-state index is 13.4. The van der Waals surface area contributed by atoms with E-state index in [9.17, 15) is 9.59 Å². The second kappa shape index (κ2) is 15.5. The van der Waals surface area contributed by atoms with Gasteiger partial charge in [-0.2, -0.15) is 0 Å². The van der Waals surface area contributed by atoms with Crippen molar-refractivity contribution in [1.82, 2.24) is 19.8 Å². The van der Waals surface area contributed by atoms with Gasteiger partial charge in [0.25, 0.3) is 0 Å². The van der Waals surface area contributed by atoms with E-state index in [1.165, 1.54) is 24.4 Å². The highest BCUT2D eigenvalue weighted by molar-refractivity contribution is 6.37. The molecule has 0 radical (unpaired) electrons. The summed E-state index contributed by atoms with van der Waals surface area (Å²) < 4.78 is 5.40. The van der Waals surface area contributed by atoms with Gasteiger partial charge in [-0.05, 0) is 47.9 Å². The van der Waals surface area contributed by atoms with Crippen LogP contribution in [-0.4, -0.2) is 78.5 Å². The number of aryl methyl sites for hydroxylation is 1. The predicted molar refractivity (Wildman–Crippen MR) is 177 cm³/mol. The molecule has 11 heteroatoms. The van der Waals surface area contributed by atoms with E-state index in [-0.39, 0.29) is 18.2 Å². The topological polar surface area (TPSA) is 90.9 Å². The minimum absolute atomic E-state index is 0.0234. The number of hydrogen-bond donors (Lipinski definition) is 1. The van der Waals surface area contributed by atoms with E-state index in [4.69, 9.17) is 27.9 Å². The Hall–Kier alpha value is -3.50. The molecular weight excluding hydrogens is 599 g/mol. The van der Waals surface area contributed by atoms with Crippen molar-refractivity contribution >= 4 is 46.5 Å². The monoisotopic (exact) mass is 638 g/mol. The third-order valence-electron chi connectivity index (χ3n) is 8.00. The number of anilines is 2. The zero-order chi connectivity index (χ0) is 31.8. The van der Waals surface area contributed by atoms with Crippen LogP contribution in [0.15, 0.2) is 49.3 Å². The minimum Gasteiger partial charge on any atom is -0.495 e. The highest BCUT2D eigenvalue weighted by Crippen LogP contribution is 2.37. The van der Waals surface area contributed by atoms with Crippen LogP contribution in [0.25, 0.3) is 0 Å². The van der Waals surface area contributed by atoms with Crippen LogP contribution in [0.3, 0.4) is 0 Å². The van der Waals surface area contributed by atoms with Gasteiger partial charge in [-0.3, -0.25) is 19.4 Å². The van der Waals surface area contributed by atoms with Gasteiger partial charge in [0.2, 0.25) is 11.8 Å². The quantitative estimate of drug-likeness (QED) is 0.265. The summed E-state index contributed by atoms with van der Waals surface area (Å²) in [5.41, 5.74) is 4.78. The molecule has 3 aromatic rings. The zero-order valence-electron chi connectivity index (χ0n) is 25.8. The average molecular weight is 640 g/mol. The predicted octanol–water partition coefficient (Wildman–Crippen LogP) is 5.41. The van der Waals surface area contributed by atoms with Crippen molar-refractivity contribution in [2.24, 2.45) is 0 Å². The van der Waals surface area contributed by atoms with Gasteiger partial charge in [0.1, 0.15) is 17.9 Å². The molecule has 1 N–H and O–H groups in total. The lowest BCUT2D eigenvalue weighted by molar-refractivity contribution is -0.117. The number of hydrogen-bond acceptors (Lipinski definition) is 7. The summed E-state index contributed by atoms with van der Waals surface area (Å²) >= 11 is 13.2. The fourth-order valence-electron chi connectivity index (χ4n) is 5.24. The van der Waals surface area contributed by atoms with Crippen LogP contribution in [0.1, 0.15) is 41.8 Å².